The van der Waals surface area contributed by atoms with Crippen LogP contribution in [0.2, 0.25) is 0 Å². The zero-order chi connectivity index (χ0) is 11.4. The third-order valence-corrected chi connectivity index (χ3v) is 3.84. The van der Waals surface area contributed by atoms with Crippen molar-refractivity contribution < 1.29 is 0 Å². The summed E-state index contributed by atoms with van der Waals surface area (Å²) in [6.07, 6.45) is 1.91. The zero-order valence-electron chi connectivity index (χ0n) is 9.06. The number of hydrogen-bond donors (Lipinski definition) is 0. The largest absolute Gasteiger partial charge is 0.355 e. The maximum Gasteiger partial charge on any atom is 0.128 e. The first-order valence-corrected chi connectivity index (χ1v) is 7.04. The number of pyridine rings is 1. The molecule has 0 aliphatic heterocycles. The number of aromatic nitrogens is 1. The molecule has 0 bridgehead atoms. The van der Waals surface area contributed by atoms with Crippen LogP contribution in [-0.2, 0) is 11.9 Å². The summed E-state index contributed by atoms with van der Waals surface area (Å²) in [6, 6.07) is 8.38. The maximum atomic E-state index is 4.43. The lowest BCUT2D eigenvalue weighted by atomic mass is 10.3. The Labute approximate surface area is 108 Å². The Balaban J connectivity index is 2.05. The molecule has 0 saturated carbocycles. The average molecular weight is 297 g/mol. The van der Waals surface area contributed by atoms with Crippen LogP contribution in [0.4, 0.5) is 5.82 Å². The van der Waals surface area contributed by atoms with Crippen LogP contribution in [0.25, 0.3) is 0 Å². The van der Waals surface area contributed by atoms with Gasteiger partial charge in [0, 0.05) is 23.5 Å². The molecule has 84 valence electrons. The van der Waals surface area contributed by atoms with Crippen molar-refractivity contribution in [3.05, 3.63) is 46.3 Å². The number of anilines is 1. The summed E-state index contributed by atoms with van der Waals surface area (Å²) in [7, 11) is 2.07. The number of rotatable bonds is 4. The second-order valence-electron chi connectivity index (χ2n) is 3.59. The van der Waals surface area contributed by atoms with Crippen molar-refractivity contribution in [1.82, 2.24) is 4.98 Å². The van der Waals surface area contributed by atoms with E-state index >= 15 is 0 Å². The van der Waals surface area contributed by atoms with E-state index in [4.69, 9.17) is 0 Å². The van der Waals surface area contributed by atoms with Crippen LogP contribution in [0.15, 0.2) is 35.8 Å². The third-order valence-electron chi connectivity index (χ3n) is 2.33. The molecule has 16 heavy (non-hydrogen) atoms. The molecular weight excluding hydrogens is 284 g/mol. The lowest BCUT2D eigenvalue weighted by Gasteiger charge is -2.17. The molecule has 0 atom stereocenters. The maximum absolute atomic E-state index is 4.43. The summed E-state index contributed by atoms with van der Waals surface area (Å²) in [5, 5.41) is 2.96. The molecule has 0 saturated heterocycles. The minimum atomic E-state index is 0.856. The lowest BCUT2D eigenvalue weighted by molar-refractivity contribution is 0.911. The topological polar surface area (TPSA) is 16.1 Å². The van der Waals surface area contributed by atoms with Crippen LogP contribution in [0, 0.1) is 0 Å². The number of hydrogen-bond acceptors (Lipinski definition) is 3. The Morgan fingerprint density at radius 1 is 1.38 bits per heavy atom. The van der Waals surface area contributed by atoms with Crippen molar-refractivity contribution in [2.75, 3.05) is 11.9 Å². The smallest absolute Gasteiger partial charge is 0.128 e. The quantitative estimate of drug-likeness (QED) is 0.800. The standard InChI is InChI=1S/C12H13BrN2S/c1-15(9-11-3-2-6-16-11)12-5-4-10(7-13)8-14-12/h2-6,8H,7,9H2,1H3. The molecule has 0 aliphatic rings. The van der Waals surface area contributed by atoms with Crippen molar-refractivity contribution in [2.24, 2.45) is 0 Å². The second-order valence-corrected chi connectivity index (χ2v) is 5.19. The van der Waals surface area contributed by atoms with Crippen LogP contribution < -0.4 is 4.90 Å². The summed E-state index contributed by atoms with van der Waals surface area (Å²) < 4.78 is 0. The molecule has 0 aromatic carbocycles. The Kier molecular flexibility index (Phi) is 3.96. The van der Waals surface area contributed by atoms with Gasteiger partial charge >= 0.3 is 0 Å². The summed E-state index contributed by atoms with van der Waals surface area (Å²) in [5.74, 6) is 1.01. The molecule has 0 radical (unpaired) electrons. The van der Waals surface area contributed by atoms with Crippen molar-refractivity contribution in [3.8, 4) is 0 Å². The predicted molar refractivity (Wildman–Crippen MR) is 73.3 cm³/mol. The van der Waals surface area contributed by atoms with E-state index in [-0.39, 0.29) is 0 Å². The highest BCUT2D eigenvalue weighted by Crippen LogP contribution is 2.16. The van der Waals surface area contributed by atoms with Gasteiger partial charge < -0.3 is 4.90 Å². The van der Waals surface area contributed by atoms with Gasteiger partial charge in [-0.15, -0.1) is 11.3 Å². The first kappa shape index (κ1) is 11.6. The normalized spacial score (nSPS) is 10.4. The molecule has 0 N–H and O–H groups in total. The highest BCUT2D eigenvalue weighted by Gasteiger charge is 2.03. The molecule has 2 rings (SSSR count). The van der Waals surface area contributed by atoms with Gasteiger partial charge in [-0.3, -0.25) is 0 Å². The fraction of sp³-hybridized carbons (Fsp3) is 0.250. The van der Waals surface area contributed by atoms with Crippen molar-refractivity contribution in [1.29, 1.82) is 0 Å². The molecule has 0 spiro atoms. The Bertz CT molecular complexity index is 425. The van der Waals surface area contributed by atoms with Crippen LogP contribution in [0.1, 0.15) is 10.4 Å². The molecule has 0 unspecified atom stereocenters. The SMILES string of the molecule is CN(Cc1cccs1)c1ccc(CBr)cn1. The van der Waals surface area contributed by atoms with Gasteiger partial charge in [-0.2, -0.15) is 0 Å². The van der Waals surface area contributed by atoms with E-state index < -0.39 is 0 Å². The van der Waals surface area contributed by atoms with Gasteiger partial charge in [-0.25, -0.2) is 4.98 Å². The fourth-order valence-electron chi connectivity index (χ4n) is 1.44. The van der Waals surface area contributed by atoms with Gasteiger partial charge in [-0.1, -0.05) is 28.1 Å². The van der Waals surface area contributed by atoms with Gasteiger partial charge in [0.05, 0.1) is 6.54 Å². The molecule has 0 amide bonds. The van der Waals surface area contributed by atoms with Crippen molar-refractivity contribution in [3.63, 3.8) is 0 Å². The molecule has 4 heteroatoms. The van der Waals surface area contributed by atoms with E-state index in [9.17, 15) is 0 Å². The minimum absolute atomic E-state index is 0.856. The Hall–Kier alpha value is -0.870. The summed E-state index contributed by atoms with van der Waals surface area (Å²) in [6.45, 7) is 0.915. The van der Waals surface area contributed by atoms with Gasteiger partial charge in [0.2, 0.25) is 0 Å². The number of nitrogens with zero attached hydrogens (tertiary/aromatic N) is 2. The molecule has 0 aliphatic carbocycles. The van der Waals surface area contributed by atoms with E-state index in [0.29, 0.717) is 0 Å². The Morgan fingerprint density at radius 3 is 2.81 bits per heavy atom. The monoisotopic (exact) mass is 296 g/mol. The average Bonchev–Trinajstić information content (AvgIpc) is 2.82. The van der Waals surface area contributed by atoms with Crippen molar-refractivity contribution >= 4 is 33.1 Å². The molecule has 2 aromatic rings. The molecule has 2 heterocycles. The first-order chi connectivity index (χ1) is 7.79. The van der Waals surface area contributed by atoms with Crippen LogP contribution in [0.5, 0.6) is 0 Å². The van der Waals surface area contributed by atoms with E-state index in [1.165, 1.54) is 10.4 Å². The highest BCUT2D eigenvalue weighted by atomic mass is 79.9. The van der Waals surface area contributed by atoms with Gasteiger partial charge in [0.25, 0.3) is 0 Å². The van der Waals surface area contributed by atoms with Gasteiger partial charge in [0.1, 0.15) is 5.82 Å². The summed E-state index contributed by atoms with van der Waals surface area (Å²) in [5.41, 5.74) is 1.20. The van der Waals surface area contributed by atoms with Gasteiger partial charge in [-0.05, 0) is 23.1 Å². The summed E-state index contributed by atoms with van der Waals surface area (Å²) >= 11 is 5.19. The zero-order valence-corrected chi connectivity index (χ0v) is 11.5. The molecule has 0 fully saturated rings. The third kappa shape index (κ3) is 2.83. The molecule has 2 aromatic heterocycles. The van der Waals surface area contributed by atoms with E-state index in [2.05, 4.69) is 62.5 Å². The highest BCUT2D eigenvalue weighted by molar-refractivity contribution is 9.08. The molecule has 2 nitrogen and oxygen atoms in total. The first-order valence-electron chi connectivity index (χ1n) is 5.04. The van der Waals surface area contributed by atoms with Crippen LogP contribution in [0.3, 0.4) is 0 Å². The number of thiophene rings is 1. The predicted octanol–water partition coefficient (Wildman–Crippen LogP) is 3.67. The summed E-state index contributed by atoms with van der Waals surface area (Å²) in [4.78, 5) is 7.94. The van der Waals surface area contributed by atoms with E-state index in [0.717, 1.165) is 17.7 Å². The number of alkyl halides is 1. The van der Waals surface area contributed by atoms with Crippen LogP contribution in [-0.4, -0.2) is 12.0 Å². The number of halogens is 1. The Morgan fingerprint density at radius 2 is 2.25 bits per heavy atom. The lowest BCUT2D eigenvalue weighted by Crippen LogP contribution is -2.16. The fourth-order valence-corrected chi connectivity index (χ4v) is 2.53. The minimum Gasteiger partial charge on any atom is -0.355 e. The van der Waals surface area contributed by atoms with Crippen molar-refractivity contribution in [2.45, 2.75) is 11.9 Å². The van der Waals surface area contributed by atoms with Gasteiger partial charge in [0.15, 0.2) is 0 Å². The molecular formula is C12H13BrN2S. The van der Waals surface area contributed by atoms with Crippen LogP contribution >= 0.6 is 27.3 Å². The second kappa shape index (κ2) is 5.46. The van der Waals surface area contributed by atoms with E-state index in [1.54, 1.807) is 11.3 Å². The van der Waals surface area contributed by atoms with E-state index in [1.807, 2.05) is 6.20 Å².